The lowest BCUT2D eigenvalue weighted by molar-refractivity contribution is 0.192. The van der Waals surface area contributed by atoms with Crippen LogP contribution < -0.4 is 4.74 Å². The summed E-state index contributed by atoms with van der Waals surface area (Å²) in [5, 5.41) is 9.28. The van der Waals surface area contributed by atoms with Gasteiger partial charge in [0.05, 0.1) is 12.2 Å². The van der Waals surface area contributed by atoms with Crippen molar-refractivity contribution in [1.82, 2.24) is 0 Å². The smallest absolute Gasteiger partial charge is 0.132 e. The van der Waals surface area contributed by atoms with Crippen LogP contribution in [-0.2, 0) is 0 Å². The highest BCUT2D eigenvalue weighted by Crippen LogP contribution is 2.22. The van der Waals surface area contributed by atoms with E-state index in [-0.39, 0.29) is 6.10 Å². The Hall–Kier alpha value is -1.09. The van der Waals surface area contributed by atoms with Gasteiger partial charge in [0.25, 0.3) is 0 Å². The standard InChI is InChI=1S/C13H19FO2/c1-4-5-9(2)16-11-6-7-12(10(3)15)13(14)8-11/h6-10,15H,4-5H2,1-3H3/t9?,10-/m1/s1. The zero-order valence-corrected chi connectivity index (χ0v) is 10.0. The maximum atomic E-state index is 13.5. The molecule has 1 aromatic carbocycles. The van der Waals surface area contributed by atoms with Crippen molar-refractivity contribution in [2.24, 2.45) is 0 Å². The van der Waals surface area contributed by atoms with E-state index in [2.05, 4.69) is 6.92 Å². The van der Waals surface area contributed by atoms with Crippen LogP contribution in [0.2, 0.25) is 0 Å². The average molecular weight is 226 g/mol. The van der Waals surface area contributed by atoms with Gasteiger partial charge in [-0.25, -0.2) is 4.39 Å². The second-order valence-electron chi connectivity index (χ2n) is 4.08. The molecular weight excluding hydrogens is 207 g/mol. The van der Waals surface area contributed by atoms with Gasteiger partial charge in [0.15, 0.2) is 0 Å². The second-order valence-corrected chi connectivity index (χ2v) is 4.08. The molecule has 0 aromatic heterocycles. The summed E-state index contributed by atoms with van der Waals surface area (Å²) in [5.74, 6) is 0.0963. The van der Waals surface area contributed by atoms with Crippen LogP contribution in [0.5, 0.6) is 5.75 Å². The van der Waals surface area contributed by atoms with Crippen molar-refractivity contribution >= 4 is 0 Å². The number of ether oxygens (including phenoxy) is 1. The molecule has 0 saturated carbocycles. The fourth-order valence-corrected chi connectivity index (χ4v) is 1.62. The number of benzene rings is 1. The number of halogens is 1. The van der Waals surface area contributed by atoms with E-state index in [0.717, 1.165) is 12.8 Å². The van der Waals surface area contributed by atoms with Gasteiger partial charge in [-0.3, -0.25) is 0 Å². The van der Waals surface area contributed by atoms with E-state index < -0.39 is 11.9 Å². The molecule has 16 heavy (non-hydrogen) atoms. The first-order valence-electron chi connectivity index (χ1n) is 5.68. The van der Waals surface area contributed by atoms with Crippen LogP contribution in [0.4, 0.5) is 4.39 Å². The van der Waals surface area contributed by atoms with Crippen LogP contribution in [-0.4, -0.2) is 11.2 Å². The van der Waals surface area contributed by atoms with Gasteiger partial charge >= 0.3 is 0 Å². The topological polar surface area (TPSA) is 29.5 Å². The molecule has 0 spiro atoms. The third-order valence-corrected chi connectivity index (χ3v) is 2.45. The van der Waals surface area contributed by atoms with E-state index in [1.54, 1.807) is 19.1 Å². The Kier molecular flexibility index (Phi) is 4.74. The third kappa shape index (κ3) is 3.49. The highest BCUT2D eigenvalue weighted by molar-refractivity contribution is 5.30. The number of aliphatic hydroxyl groups is 1. The molecule has 0 fully saturated rings. The summed E-state index contributed by atoms with van der Waals surface area (Å²) in [6.07, 6.45) is 1.28. The van der Waals surface area contributed by atoms with E-state index in [4.69, 9.17) is 4.74 Å². The largest absolute Gasteiger partial charge is 0.491 e. The number of hydrogen-bond donors (Lipinski definition) is 1. The fourth-order valence-electron chi connectivity index (χ4n) is 1.62. The van der Waals surface area contributed by atoms with Gasteiger partial charge in [0.2, 0.25) is 0 Å². The molecule has 0 saturated heterocycles. The Morgan fingerprint density at radius 1 is 1.38 bits per heavy atom. The lowest BCUT2D eigenvalue weighted by Crippen LogP contribution is -2.11. The summed E-state index contributed by atoms with van der Waals surface area (Å²) in [7, 11) is 0. The summed E-state index contributed by atoms with van der Waals surface area (Å²) in [6.45, 7) is 5.58. The van der Waals surface area contributed by atoms with Crippen LogP contribution in [0.3, 0.4) is 0 Å². The van der Waals surface area contributed by atoms with Crippen LogP contribution in [0.25, 0.3) is 0 Å². The van der Waals surface area contributed by atoms with Gasteiger partial charge in [0.1, 0.15) is 11.6 Å². The maximum absolute atomic E-state index is 13.5. The molecule has 0 bridgehead atoms. The van der Waals surface area contributed by atoms with Crippen molar-refractivity contribution in [3.8, 4) is 5.75 Å². The minimum atomic E-state index is -0.790. The second kappa shape index (κ2) is 5.85. The number of rotatable bonds is 5. The predicted molar refractivity (Wildman–Crippen MR) is 62.0 cm³/mol. The summed E-state index contributed by atoms with van der Waals surface area (Å²) in [4.78, 5) is 0. The number of aliphatic hydroxyl groups excluding tert-OH is 1. The van der Waals surface area contributed by atoms with Crippen LogP contribution >= 0.6 is 0 Å². The molecule has 3 heteroatoms. The minimum absolute atomic E-state index is 0.0850. The van der Waals surface area contributed by atoms with Gasteiger partial charge < -0.3 is 9.84 Å². The maximum Gasteiger partial charge on any atom is 0.132 e. The van der Waals surface area contributed by atoms with Crippen LogP contribution in [0, 0.1) is 5.82 Å². The molecule has 2 atom stereocenters. The van der Waals surface area contributed by atoms with Crippen molar-refractivity contribution in [2.75, 3.05) is 0 Å². The first-order valence-corrected chi connectivity index (χ1v) is 5.68. The quantitative estimate of drug-likeness (QED) is 0.833. The molecule has 2 nitrogen and oxygen atoms in total. The fraction of sp³-hybridized carbons (Fsp3) is 0.538. The Labute approximate surface area is 96.1 Å². The normalized spacial score (nSPS) is 14.6. The Bertz CT molecular complexity index is 337. The Morgan fingerprint density at radius 3 is 2.56 bits per heavy atom. The molecule has 0 aliphatic carbocycles. The highest BCUT2D eigenvalue weighted by Gasteiger charge is 2.10. The average Bonchev–Trinajstić information content (AvgIpc) is 2.17. The summed E-state index contributed by atoms with van der Waals surface area (Å²) >= 11 is 0. The van der Waals surface area contributed by atoms with Crippen LogP contribution in [0.15, 0.2) is 18.2 Å². The van der Waals surface area contributed by atoms with Crippen molar-refractivity contribution in [3.63, 3.8) is 0 Å². The van der Waals surface area contributed by atoms with Gasteiger partial charge in [-0.15, -0.1) is 0 Å². The van der Waals surface area contributed by atoms with E-state index in [0.29, 0.717) is 11.3 Å². The molecule has 90 valence electrons. The molecule has 1 unspecified atom stereocenters. The Balaban J connectivity index is 2.73. The first-order chi connectivity index (χ1) is 7.54. The van der Waals surface area contributed by atoms with Crippen molar-refractivity contribution < 1.29 is 14.2 Å². The third-order valence-electron chi connectivity index (χ3n) is 2.45. The molecule has 1 aromatic rings. The van der Waals surface area contributed by atoms with Crippen molar-refractivity contribution in [2.45, 2.75) is 45.8 Å². The SMILES string of the molecule is CCCC(C)Oc1ccc([C@@H](C)O)c(F)c1. The molecule has 0 radical (unpaired) electrons. The first kappa shape index (κ1) is 13.0. The summed E-state index contributed by atoms with van der Waals surface area (Å²) < 4.78 is 19.0. The van der Waals surface area contributed by atoms with Gasteiger partial charge in [-0.2, -0.15) is 0 Å². The van der Waals surface area contributed by atoms with E-state index in [1.807, 2.05) is 6.92 Å². The zero-order valence-electron chi connectivity index (χ0n) is 10.0. The van der Waals surface area contributed by atoms with E-state index in [9.17, 15) is 9.50 Å². The van der Waals surface area contributed by atoms with Crippen molar-refractivity contribution in [3.05, 3.63) is 29.6 Å². The molecule has 0 aliphatic heterocycles. The molecular formula is C13H19FO2. The summed E-state index contributed by atoms with van der Waals surface area (Å²) in [6, 6.07) is 4.58. The lowest BCUT2D eigenvalue weighted by atomic mass is 10.1. The molecule has 1 N–H and O–H groups in total. The molecule has 1 rings (SSSR count). The molecule has 0 amide bonds. The van der Waals surface area contributed by atoms with Crippen molar-refractivity contribution in [1.29, 1.82) is 0 Å². The monoisotopic (exact) mass is 226 g/mol. The Morgan fingerprint density at radius 2 is 2.06 bits per heavy atom. The van der Waals surface area contributed by atoms with Gasteiger partial charge in [0, 0.05) is 11.6 Å². The zero-order chi connectivity index (χ0) is 12.1. The van der Waals surface area contributed by atoms with Gasteiger partial charge in [-0.05, 0) is 32.4 Å². The molecule has 0 aliphatic rings. The van der Waals surface area contributed by atoms with Crippen LogP contribution in [0.1, 0.15) is 45.3 Å². The lowest BCUT2D eigenvalue weighted by Gasteiger charge is -2.15. The highest BCUT2D eigenvalue weighted by atomic mass is 19.1. The predicted octanol–water partition coefficient (Wildman–Crippen LogP) is 3.45. The minimum Gasteiger partial charge on any atom is -0.491 e. The molecule has 0 heterocycles. The summed E-state index contributed by atoms with van der Waals surface area (Å²) in [5.41, 5.74) is 0.301. The van der Waals surface area contributed by atoms with E-state index in [1.165, 1.54) is 6.07 Å². The number of hydrogen-bond acceptors (Lipinski definition) is 2. The van der Waals surface area contributed by atoms with E-state index >= 15 is 0 Å². The van der Waals surface area contributed by atoms with Gasteiger partial charge in [-0.1, -0.05) is 13.3 Å².